The molecule has 0 radical (unpaired) electrons. The number of nitrogens with zero attached hydrogens (tertiary/aromatic N) is 1. The summed E-state index contributed by atoms with van der Waals surface area (Å²) in [6.45, 7) is 3.03. The van der Waals surface area contributed by atoms with Crippen LogP contribution < -0.4 is 9.47 Å². The van der Waals surface area contributed by atoms with Crippen molar-refractivity contribution in [3.8, 4) is 11.5 Å². The van der Waals surface area contributed by atoms with Gasteiger partial charge in [0.1, 0.15) is 6.61 Å². The van der Waals surface area contributed by atoms with E-state index in [1.54, 1.807) is 23.0 Å². The maximum Gasteiger partial charge on any atom is 0.166 e. The van der Waals surface area contributed by atoms with Crippen molar-refractivity contribution in [2.45, 2.75) is 19.4 Å². The molecule has 18 heavy (non-hydrogen) atoms. The van der Waals surface area contributed by atoms with Gasteiger partial charge in [-0.2, -0.15) is 0 Å². The Hall–Kier alpha value is -1.26. The highest BCUT2D eigenvalue weighted by atomic mass is 35.5. The molecule has 1 aromatic carbocycles. The number of para-hydroxylation sites is 1. The van der Waals surface area contributed by atoms with Gasteiger partial charge in [-0.25, -0.2) is 0 Å². The summed E-state index contributed by atoms with van der Waals surface area (Å²) < 4.78 is 11.4. The lowest BCUT2D eigenvalue weighted by molar-refractivity contribution is 0.269. The molecule has 0 spiro atoms. The van der Waals surface area contributed by atoms with E-state index in [0.29, 0.717) is 19.1 Å². The van der Waals surface area contributed by atoms with Crippen molar-refractivity contribution in [1.82, 2.24) is 4.98 Å². The molecule has 0 amide bonds. The van der Waals surface area contributed by atoms with Gasteiger partial charge in [0.2, 0.25) is 0 Å². The minimum absolute atomic E-state index is 0.402. The van der Waals surface area contributed by atoms with Gasteiger partial charge in [-0.1, -0.05) is 12.1 Å². The number of alkyl halides is 1. The molecular weight excluding hydrogens is 270 g/mol. The predicted octanol–water partition coefficient (Wildman–Crippen LogP) is 3.86. The number of thiazole rings is 1. The molecule has 96 valence electrons. The number of ether oxygens (including phenoxy) is 2. The first-order valence-electron chi connectivity index (χ1n) is 5.66. The fourth-order valence-corrected chi connectivity index (χ4v) is 2.27. The van der Waals surface area contributed by atoms with Gasteiger partial charge in [0.05, 0.1) is 22.9 Å². The zero-order valence-corrected chi connectivity index (χ0v) is 11.6. The maximum absolute atomic E-state index is 5.92. The summed E-state index contributed by atoms with van der Waals surface area (Å²) >= 11 is 7.48. The van der Waals surface area contributed by atoms with Gasteiger partial charge in [0.25, 0.3) is 0 Å². The van der Waals surface area contributed by atoms with E-state index in [9.17, 15) is 0 Å². The summed E-state index contributed by atoms with van der Waals surface area (Å²) in [5.74, 6) is 1.86. The molecule has 0 aliphatic rings. The molecule has 3 nitrogen and oxygen atoms in total. The van der Waals surface area contributed by atoms with Crippen molar-refractivity contribution in [2.75, 3.05) is 6.61 Å². The quantitative estimate of drug-likeness (QED) is 0.755. The van der Waals surface area contributed by atoms with E-state index in [-0.39, 0.29) is 0 Å². The van der Waals surface area contributed by atoms with Crippen LogP contribution in [0, 0.1) is 0 Å². The fourth-order valence-electron chi connectivity index (χ4n) is 1.56. The maximum atomic E-state index is 5.92. The van der Waals surface area contributed by atoms with E-state index in [1.165, 1.54) is 0 Å². The van der Waals surface area contributed by atoms with E-state index in [0.717, 1.165) is 21.9 Å². The van der Waals surface area contributed by atoms with Crippen LogP contribution in [-0.4, -0.2) is 11.6 Å². The van der Waals surface area contributed by atoms with Crippen LogP contribution in [0.15, 0.2) is 29.9 Å². The number of rotatable bonds is 6. The van der Waals surface area contributed by atoms with Gasteiger partial charge in [-0.05, 0) is 13.0 Å². The zero-order chi connectivity index (χ0) is 12.8. The van der Waals surface area contributed by atoms with Gasteiger partial charge in [0.15, 0.2) is 11.5 Å². The highest BCUT2D eigenvalue weighted by Gasteiger charge is 2.10. The van der Waals surface area contributed by atoms with Crippen molar-refractivity contribution >= 4 is 22.9 Å². The van der Waals surface area contributed by atoms with Gasteiger partial charge in [-0.3, -0.25) is 4.98 Å². The Labute approximate surface area is 115 Å². The molecule has 1 heterocycles. The third-order valence-corrected chi connectivity index (χ3v) is 3.39. The second-order valence-corrected chi connectivity index (χ2v) is 4.81. The van der Waals surface area contributed by atoms with E-state index in [2.05, 4.69) is 4.98 Å². The molecule has 0 atom stereocenters. The SMILES string of the molecule is CCOc1cccc(CCl)c1OCc1cncs1. The molecule has 0 N–H and O–H groups in total. The lowest BCUT2D eigenvalue weighted by Crippen LogP contribution is -2.01. The largest absolute Gasteiger partial charge is 0.490 e. The second-order valence-electron chi connectivity index (χ2n) is 3.57. The third-order valence-electron chi connectivity index (χ3n) is 2.35. The smallest absolute Gasteiger partial charge is 0.166 e. The Balaban J connectivity index is 2.18. The molecule has 0 unspecified atom stereocenters. The van der Waals surface area contributed by atoms with E-state index in [1.807, 2.05) is 25.1 Å². The van der Waals surface area contributed by atoms with Crippen LogP contribution in [0.5, 0.6) is 11.5 Å². The average Bonchev–Trinajstić information content (AvgIpc) is 2.90. The second kappa shape index (κ2) is 6.61. The zero-order valence-electron chi connectivity index (χ0n) is 10.1. The molecule has 0 aliphatic heterocycles. The van der Waals surface area contributed by atoms with Crippen LogP contribution >= 0.6 is 22.9 Å². The number of aromatic nitrogens is 1. The van der Waals surface area contributed by atoms with Crippen LogP contribution in [0.25, 0.3) is 0 Å². The molecule has 0 bridgehead atoms. The summed E-state index contributed by atoms with van der Waals surface area (Å²) in [5.41, 5.74) is 2.72. The molecule has 1 aromatic heterocycles. The Kier molecular flexibility index (Phi) is 4.84. The Bertz CT molecular complexity index is 488. The minimum Gasteiger partial charge on any atom is -0.490 e. The highest BCUT2D eigenvalue weighted by molar-refractivity contribution is 7.09. The molecule has 2 aromatic rings. The van der Waals surface area contributed by atoms with E-state index in [4.69, 9.17) is 21.1 Å². The van der Waals surface area contributed by atoms with Gasteiger partial charge in [-0.15, -0.1) is 22.9 Å². The molecule has 0 saturated carbocycles. The number of hydrogen-bond acceptors (Lipinski definition) is 4. The van der Waals surface area contributed by atoms with Crippen LogP contribution in [-0.2, 0) is 12.5 Å². The summed E-state index contributed by atoms with van der Waals surface area (Å²) in [4.78, 5) is 5.09. The lowest BCUT2D eigenvalue weighted by Gasteiger charge is -2.14. The van der Waals surface area contributed by atoms with Gasteiger partial charge >= 0.3 is 0 Å². The molecule has 5 heteroatoms. The number of benzene rings is 1. The number of hydrogen-bond donors (Lipinski definition) is 0. The van der Waals surface area contributed by atoms with Crippen LogP contribution in [0.2, 0.25) is 0 Å². The molecular formula is C13H14ClNO2S. The molecule has 2 rings (SSSR count). The van der Waals surface area contributed by atoms with E-state index >= 15 is 0 Å². The summed E-state index contributed by atoms with van der Waals surface area (Å²) in [6, 6.07) is 5.75. The van der Waals surface area contributed by atoms with Crippen LogP contribution in [0.3, 0.4) is 0 Å². The highest BCUT2D eigenvalue weighted by Crippen LogP contribution is 2.33. The summed E-state index contributed by atoms with van der Waals surface area (Å²) in [6.07, 6.45) is 1.80. The fraction of sp³-hybridized carbons (Fsp3) is 0.308. The first-order chi connectivity index (χ1) is 8.85. The standard InChI is InChI=1S/C13H14ClNO2S/c1-2-16-12-5-3-4-10(6-14)13(12)17-8-11-7-15-9-18-11/h3-5,7,9H,2,6,8H2,1H3. The van der Waals surface area contributed by atoms with E-state index < -0.39 is 0 Å². The van der Waals surface area contributed by atoms with Crippen molar-refractivity contribution < 1.29 is 9.47 Å². The lowest BCUT2D eigenvalue weighted by atomic mass is 10.2. The van der Waals surface area contributed by atoms with Crippen molar-refractivity contribution in [2.24, 2.45) is 0 Å². The van der Waals surface area contributed by atoms with Crippen molar-refractivity contribution in [3.05, 3.63) is 40.3 Å². The van der Waals surface area contributed by atoms with Crippen LogP contribution in [0.4, 0.5) is 0 Å². The first-order valence-corrected chi connectivity index (χ1v) is 7.07. The normalized spacial score (nSPS) is 10.3. The van der Waals surface area contributed by atoms with Gasteiger partial charge < -0.3 is 9.47 Å². The van der Waals surface area contributed by atoms with Crippen molar-refractivity contribution in [3.63, 3.8) is 0 Å². The average molecular weight is 284 g/mol. The third kappa shape index (κ3) is 3.15. The summed E-state index contributed by atoms with van der Waals surface area (Å²) in [5, 5.41) is 0. The number of halogens is 1. The van der Waals surface area contributed by atoms with Gasteiger partial charge in [0, 0.05) is 11.8 Å². The molecule has 0 aliphatic carbocycles. The topological polar surface area (TPSA) is 31.4 Å². The predicted molar refractivity (Wildman–Crippen MR) is 73.6 cm³/mol. The Morgan fingerprint density at radius 3 is 2.89 bits per heavy atom. The van der Waals surface area contributed by atoms with Crippen LogP contribution in [0.1, 0.15) is 17.4 Å². The minimum atomic E-state index is 0.402. The molecule has 0 fully saturated rings. The first kappa shape index (κ1) is 13.2. The Morgan fingerprint density at radius 1 is 1.33 bits per heavy atom. The molecule has 0 saturated heterocycles. The monoisotopic (exact) mass is 283 g/mol. The Morgan fingerprint density at radius 2 is 2.22 bits per heavy atom. The van der Waals surface area contributed by atoms with Crippen molar-refractivity contribution in [1.29, 1.82) is 0 Å². The summed E-state index contributed by atoms with van der Waals surface area (Å²) in [7, 11) is 0.